The highest BCUT2D eigenvalue weighted by Gasteiger charge is 2.29. The molecule has 0 fully saturated rings. The van der Waals surface area contributed by atoms with E-state index in [0.29, 0.717) is 5.92 Å². The quantitative estimate of drug-likeness (QED) is 0.614. The number of allylic oxidation sites excluding steroid dienone is 2. The average molecular weight is 204 g/mol. The summed E-state index contributed by atoms with van der Waals surface area (Å²) < 4.78 is 5.30. The number of carbonyl (C=O) groups is 1. The zero-order valence-electron chi connectivity index (χ0n) is 9.36. The van der Waals surface area contributed by atoms with Crippen molar-refractivity contribution in [2.24, 2.45) is 11.8 Å². The van der Waals surface area contributed by atoms with Crippen LogP contribution in [0.3, 0.4) is 0 Å². The fourth-order valence-corrected chi connectivity index (χ4v) is 2.03. The van der Waals surface area contributed by atoms with Crippen LogP contribution in [0, 0.1) is 11.8 Å². The molecule has 0 bridgehead atoms. The van der Waals surface area contributed by atoms with Gasteiger partial charge >= 0.3 is 5.97 Å². The molecule has 2 nitrogen and oxygen atoms in total. The van der Waals surface area contributed by atoms with Crippen molar-refractivity contribution in [2.75, 3.05) is 0 Å². The van der Waals surface area contributed by atoms with Crippen LogP contribution in [-0.2, 0) is 9.53 Å². The summed E-state index contributed by atoms with van der Waals surface area (Å²) in [5.41, 5.74) is 2.34. The first-order valence-electron chi connectivity index (χ1n) is 5.36. The first kappa shape index (κ1) is 10.2. The van der Waals surface area contributed by atoms with Crippen molar-refractivity contribution in [1.82, 2.24) is 0 Å². The lowest BCUT2D eigenvalue weighted by atomic mass is 9.84. The van der Waals surface area contributed by atoms with Crippen molar-refractivity contribution in [1.29, 1.82) is 0 Å². The molecule has 2 heteroatoms. The van der Waals surface area contributed by atoms with Crippen molar-refractivity contribution in [2.45, 2.75) is 26.9 Å². The molecule has 0 aromatic carbocycles. The van der Waals surface area contributed by atoms with E-state index in [1.807, 2.05) is 6.92 Å². The summed E-state index contributed by atoms with van der Waals surface area (Å²) in [6.07, 6.45) is 7.84. The van der Waals surface area contributed by atoms with Crippen LogP contribution in [0.1, 0.15) is 20.8 Å². The Morgan fingerprint density at radius 3 is 2.80 bits per heavy atom. The van der Waals surface area contributed by atoms with Crippen LogP contribution in [0.15, 0.2) is 35.5 Å². The number of carbonyl (C=O) groups excluding carboxylic acids is 1. The second kappa shape index (κ2) is 3.69. The average Bonchev–Trinajstić information content (AvgIpc) is 2.16. The number of ether oxygens (including phenoxy) is 1. The normalized spacial score (nSPS) is 29.5. The number of rotatable bonds is 1. The van der Waals surface area contributed by atoms with E-state index in [9.17, 15) is 4.79 Å². The van der Waals surface area contributed by atoms with Crippen LogP contribution in [0.4, 0.5) is 0 Å². The Labute approximate surface area is 90.3 Å². The van der Waals surface area contributed by atoms with E-state index >= 15 is 0 Å². The Morgan fingerprint density at radius 1 is 1.40 bits per heavy atom. The van der Waals surface area contributed by atoms with Gasteiger partial charge in [-0.05, 0) is 24.5 Å². The van der Waals surface area contributed by atoms with Gasteiger partial charge in [0.1, 0.15) is 6.10 Å². The maximum Gasteiger partial charge on any atom is 0.331 e. The van der Waals surface area contributed by atoms with Crippen LogP contribution in [0.2, 0.25) is 0 Å². The van der Waals surface area contributed by atoms with Gasteiger partial charge < -0.3 is 4.74 Å². The van der Waals surface area contributed by atoms with E-state index in [4.69, 9.17) is 4.74 Å². The minimum absolute atomic E-state index is 0.0927. The lowest BCUT2D eigenvalue weighted by Crippen LogP contribution is -2.31. The number of hydrogen-bond acceptors (Lipinski definition) is 2. The molecule has 15 heavy (non-hydrogen) atoms. The maximum absolute atomic E-state index is 11.3. The molecular weight excluding hydrogens is 188 g/mol. The fourth-order valence-electron chi connectivity index (χ4n) is 2.03. The molecule has 0 amide bonds. The van der Waals surface area contributed by atoms with E-state index in [-0.39, 0.29) is 18.0 Å². The summed E-state index contributed by atoms with van der Waals surface area (Å²) in [5, 5.41) is 0. The van der Waals surface area contributed by atoms with Crippen LogP contribution < -0.4 is 0 Å². The molecule has 2 atom stereocenters. The molecule has 1 aliphatic heterocycles. The Morgan fingerprint density at radius 2 is 2.13 bits per heavy atom. The smallest absolute Gasteiger partial charge is 0.331 e. The van der Waals surface area contributed by atoms with Crippen LogP contribution in [-0.4, -0.2) is 12.1 Å². The van der Waals surface area contributed by atoms with Gasteiger partial charge in [0.15, 0.2) is 0 Å². The molecule has 0 saturated heterocycles. The molecule has 0 aromatic heterocycles. The molecule has 2 unspecified atom stereocenters. The van der Waals surface area contributed by atoms with Gasteiger partial charge in [-0.3, -0.25) is 0 Å². The zero-order valence-corrected chi connectivity index (χ0v) is 9.36. The second-order valence-electron chi connectivity index (χ2n) is 4.50. The molecule has 2 aliphatic rings. The van der Waals surface area contributed by atoms with Gasteiger partial charge in [-0.25, -0.2) is 4.79 Å². The topological polar surface area (TPSA) is 26.3 Å². The third kappa shape index (κ3) is 1.89. The van der Waals surface area contributed by atoms with Gasteiger partial charge in [-0.1, -0.05) is 31.6 Å². The molecule has 1 heterocycles. The van der Waals surface area contributed by atoms with Gasteiger partial charge in [0.05, 0.1) is 0 Å². The molecule has 0 radical (unpaired) electrons. The van der Waals surface area contributed by atoms with Crippen LogP contribution in [0.5, 0.6) is 0 Å². The van der Waals surface area contributed by atoms with E-state index < -0.39 is 0 Å². The molecule has 0 aromatic rings. The number of esters is 1. The molecule has 80 valence electrons. The highest BCUT2D eigenvalue weighted by atomic mass is 16.5. The third-order valence-electron chi connectivity index (χ3n) is 3.00. The van der Waals surface area contributed by atoms with Crippen molar-refractivity contribution in [3.05, 3.63) is 35.5 Å². The molecule has 0 spiro atoms. The molecule has 2 rings (SSSR count). The van der Waals surface area contributed by atoms with E-state index in [1.165, 1.54) is 5.57 Å². The minimum Gasteiger partial charge on any atom is -0.454 e. The van der Waals surface area contributed by atoms with E-state index in [2.05, 4.69) is 32.1 Å². The molecule has 1 aliphatic carbocycles. The fraction of sp³-hybridized carbons (Fsp3) is 0.462. The Hall–Kier alpha value is -1.31. The van der Waals surface area contributed by atoms with Gasteiger partial charge in [0.25, 0.3) is 0 Å². The van der Waals surface area contributed by atoms with Gasteiger partial charge in [0, 0.05) is 12.0 Å². The first-order valence-corrected chi connectivity index (χ1v) is 5.36. The summed E-state index contributed by atoms with van der Waals surface area (Å²) in [7, 11) is 0. The molecule has 0 N–H and O–H groups in total. The predicted molar refractivity (Wildman–Crippen MR) is 59.2 cm³/mol. The van der Waals surface area contributed by atoms with Crippen molar-refractivity contribution in [3.8, 4) is 0 Å². The predicted octanol–water partition coefficient (Wildman–Crippen LogP) is 2.63. The van der Waals surface area contributed by atoms with Crippen molar-refractivity contribution >= 4 is 5.97 Å². The SMILES string of the molecule is CC1=CC(=O)OC2C=C(C(C)C)C=CC12. The van der Waals surface area contributed by atoms with Crippen molar-refractivity contribution < 1.29 is 9.53 Å². The standard InChI is InChI=1S/C13H16O2/c1-8(2)10-4-5-11-9(3)6-13(14)15-12(11)7-10/h4-8,11-12H,1-3H3. The summed E-state index contributed by atoms with van der Waals surface area (Å²) >= 11 is 0. The minimum atomic E-state index is -0.219. The van der Waals surface area contributed by atoms with Gasteiger partial charge in [0.2, 0.25) is 0 Å². The molecular formula is C13H16O2. The Bertz CT molecular complexity index is 372. The van der Waals surface area contributed by atoms with Crippen LogP contribution >= 0.6 is 0 Å². The molecule has 0 saturated carbocycles. The highest BCUT2D eigenvalue weighted by molar-refractivity contribution is 5.84. The Kier molecular flexibility index (Phi) is 2.51. The maximum atomic E-state index is 11.3. The highest BCUT2D eigenvalue weighted by Crippen LogP contribution is 2.31. The monoisotopic (exact) mass is 204 g/mol. The number of hydrogen-bond donors (Lipinski definition) is 0. The summed E-state index contributed by atoms with van der Waals surface area (Å²) in [6, 6.07) is 0. The summed E-state index contributed by atoms with van der Waals surface area (Å²) in [4.78, 5) is 11.3. The van der Waals surface area contributed by atoms with E-state index in [1.54, 1.807) is 6.08 Å². The lowest BCUT2D eigenvalue weighted by molar-refractivity contribution is -0.143. The van der Waals surface area contributed by atoms with Crippen molar-refractivity contribution in [3.63, 3.8) is 0 Å². The lowest BCUT2D eigenvalue weighted by Gasteiger charge is -2.30. The third-order valence-corrected chi connectivity index (χ3v) is 3.00. The number of fused-ring (bicyclic) bond motifs is 1. The first-order chi connectivity index (χ1) is 7.08. The van der Waals surface area contributed by atoms with Crippen LogP contribution in [0.25, 0.3) is 0 Å². The Balaban J connectivity index is 2.29. The summed E-state index contributed by atoms with van der Waals surface area (Å²) in [5.74, 6) is 0.501. The second-order valence-corrected chi connectivity index (χ2v) is 4.50. The van der Waals surface area contributed by atoms with E-state index in [0.717, 1.165) is 5.57 Å². The van der Waals surface area contributed by atoms with Gasteiger partial charge in [-0.15, -0.1) is 0 Å². The largest absolute Gasteiger partial charge is 0.454 e. The zero-order chi connectivity index (χ0) is 11.0. The van der Waals surface area contributed by atoms with Gasteiger partial charge in [-0.2, -0.15) is 0 Å². The summed E-state index contributed by atoms with van der Waals surface area (Å²) in [6.45, 7) is 6.27.